The molecule has 4 rings (SSSR count). The molecule has 0 bridgehead atoms. The van der Waals surface area contributed by atoms with Crippen molar-refractivity contribution in [3.63, 3.8) is 0 Å². The van der Waals surface area contributed by atoms with E-state index >= 15 is 0 Å². The van der Waals surface area contributed by atoms with Gasteiger partial charge in [0, 0.05) is 29.1 Å². The minimum atomic E-state index is -4.42. The summed E-state index contributed by atoms with van der Waals surface area (Å²) in [6.45, 7) is 0.241. The number of anilines is 1. The van der Waals surface area contributed by atoms with Gasteiger partial charge in [-0.1, -0.05) is 0 Å². The van der Waals surface area contributed by atoms with Crippen LogP contribution in [0.3, 0.4) is 0 Å². The SMILES string of the molecule is O=C1Cc2cc(-c3cc(C(F)(F)F)cc4c3C=NC4)cnc2N1. The Morgan fingerprint density at radius 3 is 2.74 bits per heavy atom. The van der Waals surface area contributed by atoms with Crippen molar-refractivity contribution >= 4 is 17.9 Å². The summed E-state index contributed by atoms with van der Waals surface area (Å²) in [6, 6.07) is 3.96. The number of halogens is 3. The van der Waals surface area contributed by atoms with Gasteiger partial charge in [0.15, 0.2) is 0 Å². The molecule has 23 heavy (non-hydrogen) atoms. The van der Waals surface area contributed by atoms with Crippen LogP contribution in [0.4, 0.5) is 19.0 Å². The summed E-state index contributed by atoms with van der Waals surface area (Å²) >= 11 is 0. The molecule has 0 saturated carbocycles. The number of rotatable bonds is 1. The van der Waals surface area contributed by atoms with Crippen molar-refractivity contribution < 1.29 is 18.0 Å². The number of fused-ring (bicyclic) bond motifs is 2. The number of nitrogens with zero attached hydrogens (tertiary/aromatic N) is 2. The Labute approximate surface area is 129 Å². The number of aliphatic imine (C=N–C) groups is 1. The standard InChI is InChI=1S/C16H10F3N3O/c17-16(18,19)11-2-10-5-20-7-13(10)12(4-11)9-1-8-3-14(23)22-15(8)21-6-9/h1-2,4,6-7H,3,5H2,(H,21,22,23). The van der Waals surface area contributed by atoms with Crippen LogP contribution in [0.2, 0.25) is 0 Å². The lowest BCUT2D eigenvalue weighted by Crippen LogP contribution is -2.07. The number of aromatic nitrogens is 1. The highest BCUT2D eigenvalue weighted by atomic mass is 19.4. The second kappa shape index (κ2) is 4.65. The summed E-state index contributed by atoms with van der Waals surface area (Å²) in [7, 11) is 0. The molecular formula is C16H10F3N3O. The Bertz CT molecular complexity index is 872. The Balaban J connectivity index is 1.89. The highest BCUT2D eigenvalue weighted by molar-refractivity contribution is 5.99. The Kier molecular flexibility index (Phi) is 2.81. The largest absolute Gasteiger partial charge is 0.416 e. The third-order valence-corrected chi connectivity index (χ3v) is 3.96. The molecule has 0 saturated heterocycles. The first kappa shape index (κ1) is 13.9. The lowest BCUT2D eigenvalue weighted by molar-refractivity contribution is -0.137. The summed E-state index contributed by atoms with van der Waals surface area (Å²) in [6.07, 6.45) is -1.17. The van der Waals surface area contributed by atoms with Gasteiger partial charge in [0.05, 0.1) is 18.5 Å². The zero-order valence-corrected chi connectivity index (χ0v) is 11.7. The summed E-state index contributed by atoms with van der Waals surface area (Å²) < 4.78 is 39.3. The molecule has 116 valence electrons. The average Bonchev–Trinajstić information content (AvgIpc) is 3.08. The minimum Gasteiger partial charge on any atom is -0.310 e. The summed E-state index contributed by atoms with van der Waals surface area (Å²) in [5.41, 5.74) is 2.20. The van der Waals surface area contributed by atoms with Gasteiger partial charge in [0.2, 0.25) is 5.91 Å². The van der Waals surface area contributed by atoms with Crippen molar-refractivity contribution in [2.24, 2.45) is 4.99 Å². The molecule has 3 heterocycles. The number of pyridine rings is 1. The van der Waals surface area contributed by atoms with Gasteiger partial charge in [-0.2, -0.15) is 13.2 Å². The van der Waals surface area contributed by atoms with Crippen molar-refractivity contribution in [2.75, 3.05) is 5.32 Å². The molecule has 0 fully saturated rings. The van der Waals surface area contributed by atoms with Crippen LogP contribution in [0.1, 0.15) is 22.3 Å². The number of hydrogen-bond donors (Lipinski definition) is 1. The van der Waals surface area contributed by atoms with E-state index in [0.29, 0.717) is 33.6 Å². The fourth-order valence-corrected chi connectivity index (χ4v) is 2.89. The molecule has 0 spiro atoms. The number of hydrogen-bond acceptors (Lipinski definition) is 3. The zero-order chi connectivity index (χ0) is 16.2. The molecule has 1 N–H and O–H groups in total. The first-order chi connectivity index (χ1) is 10.9. The zero-order valence-electron chi connectivity index (χ0n) is 11.7. The molecule has 1 amide bonds. The van der Waals surface area contributed by atoms with Crippen LogP contribution in [0.15, 0.2) is 29.4 Å². The van der Waals surface area contributed by atoms with Crippen molar-refractivity contribution in [1.82, 2.24) is 4.98 Å². The Morgan fingerprint density at radius 1 is 1.13 bits per heavy atom. The molecule has 2 aromatic rings. The molecule has 0 atom stereocenters. The maximum absolute atomic E-state index is 13.1. The van der Waals surface area contributed by atoms with Crippen LogP contribution in [0.5, 0.6) is 0 Å². The number of carbonyl (C=O) groups excluding carboxylic acids is 1. The highest BCUT2D eigenvalue weighted by Crippen LogP contribution is 2.37. The number of amides is 1. The molecular weight excluding hydrogens is 307 g/mol. The highest BCUT2D eigenvalue weighted by Gasteiger charge is 2.33. The van der Waals surface area contributed by atoms with Crippen molar-refractivity contribution in [2.45, 2.75) is 19.1 Å². The van der Waals surface area contributed by atoms with E-state index in [-0.39, 0.29) is 18.9 Å². The molecule has 7 heteroatoms. The number of carbonyl (C=O) groups is 1. The van der Waals surface area contributed by atoms with E-state index in [4.69, 9.17) is 0 Å². The Hall–Kier alpha value is -2.70. The number of benzene rings is 1. The predicted molar refractivity (Wildman–Crippen MR) is 78.3 cm³/mol. The number of alkyl halides is 3. The molecule has 1 aromatic heterocycles. The minimum absolute atomic E-state index is 0.166. The van der Waals surface area contributed by atoms with Crippen LogP contribution in [-0.4, -0.2) is 17.1 Å². The molecule has 2 aliphatic rings. The molecule has 1 aromatic carbocycles. The van der Waals surface area contributed by atoms with Crippen LogP contribution in [-0.2, 0) is 23.9 Å². The normalized spacial score (nSPS) is 15.5. The van der Waals surface area contributed by atoms with E-state index in [2.05, 4.69) is 15.3 Å². The molecule has 4 nitrogen and oxygen atoms in total. The van der Waals surface area contributed by atoms with Gasteiger partial charge < -0.3 is 5.32 Å². The fraction of sp³-hybridized carbons (Fsp3) is 0.188. The second-order valence-electron chi connectivity index (χ2n) is 5.52. The van der Waals surface area contributed by atoms with E-state index in [9.17, 15) is 18.0 Å². The second-order valence-corrected chi connectivity index (χ2v) is 5.52. The summed E-state index contributed by atoms with van der Waals surface area (Å²) in [5, 5.41) is 2.61. The van der Waals surface area contributed by atoms with Crippen molar-refractivity contribution in [3.8, 4) is 11.1 Å². The van der Waals surface area contributed by atoms with Crippen LogP contribution >= 0.6 is 0 Å². The first-order valence-electron chi connectivity index (χ1n) is 6.95. The predicted octanol–water partition coefficient (Wildman–Crippen LogP) is 3.19. The van der Waals surface area contributed by atoms with E-state index in [1.54, 1.807) is 12.3 Å². The maximum Gasteiger partial charge on any atom is 0.416 e. The van der Waals surface area contributed by atoms with Crippen LogP contribution < -0.4 is 5.32 Å². The molecule has 2 aliphatic heterocycles. The average molecular weight is 317 g/mol. The first-order valence-corrected chi connectivity index (χ1v) is 6.95. The quantitative estimate of drug-likeness (QED) is 0.878. The van der Waals surface area contributed by atoms with Crippen LogP contribution in [0, 0.1) is 0 Å². The van der Waals surface area contributed by atoms with E-state index in [0.717, 1.165) is 12.1 Å². The molecule has 0 aliphatic carbocycles. The summed E-state index contributed by atoms with van der Waals surface area (Å²) in [4.78, 5) is 19.6. The summed E-state index contributed by atoms with van der Waals surface area (Å²) in [5.74, 6) is 0.302. The van der Waals surface area contributed by atoms with E-state index in [1.165, 1.54) is 6.20 Å². The van der Waals surface area contributed by atoms with Gasteiger partial charge in [-0.25, -0.2) is 4.98 Å². The van der Waals surface area contributed by atoms with Crippen molar-refractivity contribution in [1.29, 1.82) is 0 Å². The van der Waals surface area contributed by atoms with Gasteiger partial charge in [0.25, 0.3) is 0 Å². The van der Waals surface area contributed by atoms with Gasteiger partial charge in [-0.3, -0.25) is 9.79 Å². The van der Waals surface area contributed by atoms with Gasteiger partial charge in [-0.15, -0.1) is 0 Å². The third-order valence-electron chi connectivity index (χ3n) is 3.96. The van der Waals surface area contributed by atoms with Gasteiger partial charge >= 0.3 is 6.18 Å². The lowest BCUT2D eigenvalue weighted by Gasteiger charge is -2.13. The third kappa shape index (κ3) is 2.28. The van der Waals surface area contributed by atoms with Gasteiger partial charge in [-0.05, 0) is 29.3 Å². The van der Waals surface area contributed by atoms with Gasteiger partial charge in [0.1, 0.15) is 5.82 Å². The monoisotopic (exact) mass is 317 g/mol. The number of nitrogens with one attached hydrogen (secondary N) is 1. The molecule has 0 radical (unpaired) electrons. The van der Waals surface area contributed by atoms with Crippen LogP contribution in [0.25, 0.3) is 11.1 Å². The van der Waals surface area contributed by atoms with E-state index < -0.39 is 11.7 Å². The lowest BCUT2D eigenvalue weighted by atomic mass is 9.94. The van der Waals surface area contributed by atoms with E-state index in [1.807, 2.05) is 0 Å². The maximum atomic E-state index is 13.1. The Morgan fingerprint density at radius 2 is 1.96 bits per heavy atom. The van der Waals surface area contributed by atoms with Crippen molar-refractivity contribution in [3.05, 3.63) is 46.6 Å². The smallest absolute Gasteiger partial charge is 0.310 e. The molecule has 0 unspecified atom stereocenters. The fourth-order valence-electron chi connectivity index (χ4n) is 2.89. The topological polar surface area (TPSA) is 54.4 Å².